The van der Waals surface area contributed by atoms with Crippen LogP contribution in [0, 0.1) is 0 Å². The molecule has 0 aliphatic heterocycles. The van der Waals surface area contributed by atoms with E-state index in [1.165, 1.54) is 19.1 Å². The van der Waals surface area contributed by atoms with E-state index < -0.39 is 22.2 Å². The standard InChI is InChI=1S/C12H20N2O4S/c1-3-18-10-4-6-11(7-5-10)19(16,17)14-8-12(13)9(2)15/h4-7,9,12,14-15H,3,8,13H2,1-2H3. The first kappa shape index (κ1) is 15.9. The number of hydrogen-bond donors (Lipinski definition) is 3. The minimum Gasteiger partial charge on any atom is -0.494 e. The maximum atomic E-state index is 11.9. The smallest absolute Gasteiger partial charge is 0.240 e. The van der Waals surface area contributed by atoms with E-state index in [2.05, 4.69) is 4.72 Å². The first-order chi connectivity index (χ1) is 8.86. The summed E-state index contributed by atoms with van der Waals surface area (Å²) in [7, 11) is -3.62. The van der Waals surface area contributed by atoms with Gasteiger partial charge in [0.1, 0.15) is 5.75 Å². The molecule has 108 valence electrons. The minimum absolute atomic E-state index is 0.0206. The second-order valence-corrected chi connectivity index (χ2v) is 5.93. The third-order valence-electron chi connectivity index (χ3n) is 2.57. The van der Waals surface area contributed by atoms with Crippen LogP contribution < -0.4 is 15.2 Å². The Kier molecular flexibility index (Phi) is 5.74. The Labute approximate surface area is 113 Å². The molecule has 4 N–H and O–H groups in total. The average Bonchev–Trinajstić information content (AvgIpc) is 2.37. The van der Waals surface area contributed by atoms with E-state index in [0.29, 0.717) is 12.4 Å². The van der Waals surface area contributed by atoms with Gasteiger partial charge in [-0.3, -0.25) is 0 Å². The van der Waals surface area contributed by atoms with Crippen molar-refractivity contribution in [3.63, 3.8) is 0 Å². The highest BCUT2D eigenvalue weighted by Crippen LogP contribution is 2.15. The van der Waals surface area contributed by atoms with Crippen molar-refractivity contribution in [2.24, 2.45) is 5.73 Å². The lowest BCUT2D eigenvalue weighted by Gasteiger charge is -2.15. The van der Waals surface area contributed by atoms with Gasteiger partial charge in [-0.1, -0.05) is 0 Å². The molecule has 1 aromatic rings. The normalized spacial score (nSPS) is 14.9. The second kappa shape index (κ2) is 6.85. The highest BCUT2D eigenvalue weighted by Gasteiger charge is 2.17. The van der Waals surface area contributed by atoms with Gasteiger partial charge in [0.05, 0.1) is 17.6 Å². The second-order valence-electron chi connectivity index (χ2n) is 4.16. The summed E-state index contributed by atoms with van der Waals surface area (Å²) in [5, 5.41) is 9.21. The zero-order valence-corrected chi connectivity index (χ0v) is 11.9. The van der Waals surface area contributed by atoms with Crippen LogP contribution in [0.5, 0.6) is 5.75 Å². The van der Waals surface area contributed by atoms with Gasteiger partial charge in [-0.25, -0.2) is 13.1 Å². The molecular weight excluding hydrogens is 268 g/mol. The van der Waals surface area contributed by atoms with Crippen molar-refractivity contribution in [1.82, 2.24) is 4.72 Å². The molecule has 2 atom stereocenters. The van der Waals surface area contributed by atoms with Crippen molar-refractivity contribution in [2.45, 2.75) is 30.9 Å². The van der Waals surface area contributed by atoms with Crippen LogP contribution in [0.25, 0.3) is 0 Å². The van der Waals surface area contributed by atoms with Gasteiger partial charge >= 0.3 is 0 Å². The van der Waals surface area contributed by atoms with Gasteiger partial charge in [-0.15, -0.1) is 0 Å². The molecule has 7 heteroatoms. The number of nitrogens with one attached hydrogen (secondary N) is 1. The molecule has 1 rings (SSSR count). The lowest BCUT2D eigenvalue weighted by Crippen LogP contribution is -2.43. The van der Waals surface area contributed by atoms with Gasteiger partial charge < -0.3 is 15.6 Å². The zero-order valence-electron chi connectivity index (χ0n) is 11.0. The van der Waals surface area contributed by atoms with E-state index in [4.69, 9.17) is 10.5 Å². The van der Waals surface area contributed by atoms with E-state index in [9.17, 15) is 13.5 Å². The first-order valence-corrected chi connectivity index (χ1v) is 7.51. The van der Waals surface area contributed by atoms with Crippen molar-refractivity contribution in [1.29, 1.82) is 0 Å². The maximum absolute atomic E-state index is 11.9. The van der Waals surface area contributed by atoms with Crippen LogP contribution in [-0.2, 0) is 10.0 Å². The monoisotopic (exact) mass is 288 g/mol. The maximum Gasteiger partial charge on any atom is 0.240 e. The van der Waals surface area contributed by atoms with Crippen molar-refractivity contribution >= 4 is 10.0 Å². The van der Waals surface area contributed by atoms with Crippen LogP contribution in [0.2, 0.25) is 0 Å². The number of nitrogens with two attached hydrogens (primary N) is 1. The largest absolute Gasteiger partial charge is 0.494 e. The topological polar surface area (TPSA) is 102 Å². The summed E-state index contributed by atoms with van der Waals surface area (Å²) >= 11 is 0. The molecule has 0 spiro atoms. The SMILES string of the molecule is CCOc1ccc(S(=O)(=O)NCC(N)C(C)O)cc1. The van der Waals surface area contributed by atoms with Crippen LogP contribution >= 0.6 is 0 Å². The van der Waals surface area contributed by atoms with Crippen LogP contribution in [0.1, 0.15) is 13.8 Å². The predicted molar refractivity (Wildman–Crippen MR) is 72.5 cm³/mol. The van der Waals surface area contributed by atoms with E-state index >= 15 is 0 Å². The van der Waals surface area contributed by atoms with Crippen molar-refractivity contribution in [3.8, 4) is 5.75 Å². The Balaban J connectivity index is 2.71. The summed E-state index contributed by atoms with van der Waals surface area (Å²) in [4.78, 5) is 0.133. The zero-order chi connectivity index (χ0) is 14.5. The number of ether oxygens (including phenoxy) is 1. The fraction of sp³-hybridized carbons (Fsp3) is 0.500. The lowest BCUT2D eigenvalue weighted by atomic mass is 10.2. The molecule has 2 unspecified atom stereocenters. The van der Waals surface area contributed by atoms with Gasteiger partial charge in [0, 0.05) is 12.6 Å². The summed E-state index contributed by atoms with van der Waals surface area (Å²) in [6.45, 7) is 3.86. The molecule has 0 saturated carbocycles. The minimum atomic E-state index is -3.62. The van der Waals surface area contributed by atoms with E-state index in [0.717, 1.165) is 0 Å². The van der Waals surface area contributed by atoms with Crippen molar-refractivity contribution in [3.05, 3.63) is 24.3 Å². The number of rotatable bonds is 7. The molecular formula is C12H20N2O4S. The quantitative estimate of drug-likeness (QED) is 0.659. The number of benzene rings is 1. The van der Waals surface area contributed by atoms with Crippen LogP contribution in [0.3, 0.4) is 0 Å². The Morgan fingerprint density at radius 3 is 2.42 bits per heavy atom. The molecule has 19 heavy (non-hydrogen) atoms. The summed E-state index contributed by atoms with van der Waals surface area (Å²) in [5.74, 6) is 0.613. The molecule has 0 heterocycles. The first-order valence-electron chi connectivity index (χ1n) is 6.03. The average molecular weight is 288 g/mol. The molecule has 0 fully saturated rings. The fourth-order valence-electron chi connectivity index (χ4n) is 1.34. The van der Waals surface area contributed by atoms with Crippen LogP contribution in [-0.4, -0.2) is 38.8 Å². The lowest BCUT2D eigenvalue weighted by molar-refractivity contribution is 0.164. The number of hydrogen-bond acceptors (Lipinski definition) is 5. The van der Waals surface area contributed by atoms with Crippen LogP contribution in [0.4, 0.5) is 0 Å². The summed E-state index contributed by atoms with van der Waals surface area (Å²) < 4.78 is 31.5. The Bertz CT molecular complexity index is 485. The van der Waals surface area contributed by atoms with Crippen LogP contribution in [0.15, 0.2) is 29.2 Å². The third kappa shape index (κ3) is 4.79. The predicted octanol–water partition coefficient (Wildman–Crippen LogP) is 0.0717. The van der Waals surface area contributed by atoms with Gasteiger partial charge in [0.15, 0.2) is 0 Å². The molecule has 0 aliphatic rings. The van der Waals surface area contributed by atoms with E-state index in [-0.39, 0.29) is 11.4 Å². The summed E-state index contributed by atoms with van der Waals surface area (Å²) in [6.07, 6.45) is -0.775. The summed E-state index contributed by atoms with van der Waals surface area (Å²) in [5.41, 5.74) is 5.57. The molecule has 1 aromatic carbocycles. The number of aliphatic hydroxyl groups is 1. The van der Waals surface area contributed by atoms with Crippen molar-refractivity contribution in [2.75, 3.05) is 13.2 Å². The Morgan fingerprint density at radius 2 is 1.95 bits per heavy atom. The third-order valence-corrected chi connectivity index (χ3v) is 4.01. The molecule has 0 radical (unpaired) electrons. The highest BCUT2D eigenvalue weighted by atomic mass is 32.2. The molecule has 0 amide bonds. The number of aliphatic hydroxyl groups excluding tert-OH is 1. The van der Waals surface area contributed by atoms with Crippen molar-refractivity contribution < 1.29 is 18.3 Å². The number of sulfonamides is 1. The summed E-state index contributed by atoms with van der Waals surface area (Å²) in [6, 6.07) is 5.46. The van der Waals surface area contributed by atoms with E-state index in [1.807, 2.05) is 6.92 Å². The Hall–Kier alpha value is -1.15. The van der Waals surface area contributed by atoms with Gasteiger partial charge in [0.25, 0.3) is 0 Å². The molecule has 0 aromatic heterocycles. The Morgan fingerprint density at radius 1 is 1.37 bits per heavy atom. The fourth-order valence-corrected chi connectivity index (χ4v) is 2.41. The van der Waals surface area contributed by atoms with Gasteiger partial charge in [-0.2, -0.15) is 0 Å². The molecule has 0 bridgehead atoms. The molecule has 0 saturated heterocycles. The highest BCUT2D eigenvalue weighted by molar-refractivity contribution is 7.89. The van der Waals surface area contributed by atoms with Gasteiger partial charge in [0.2, 0.25) is 10.0 Å². The van der Waals surface area contributed by atoms with Gasteiger partial charge in [-0.05, 0) is 38.1 Å². The van der Waals surface area contributed by atoms with E-state index in [1.54, 1.807) is 12.1 Å². The molecule has 6 nitrogen and oxygen atoms in total. The molecule has 0 aliphatic carbocycles.